The first-order valence-corrected chi connectivity index (χ1v) is 5.97. The highest BCUT2D eigenvalue weighted by molar-refractivity contribution is 7.99. The molecule has 4 heteroatoms. The topological polar surface area (TPSA) is 33.1 Å². The molecule has 16 heavy (non-hydrogen) atoms. The van der Waals surface area contributed by atoms with E-state index in [2.05, 4.69) is 4.98 Å². The van der Waals surface area contributed by atoms with E-state index in [4.69, 9.17) is 11.6 Å². The molecule has 1 aromatic heterocycles. The van der Waals surface area contributed by atoms with Crippen LogP contribution in [0.15, 0.2) is 52.5 Å². The molecule has 2 rings (SSSR count). The van der Waals surface area contributed by atoms with E-state index in [1.54, 1.807) is 12.3 Å². The SMILES string of the molecule is OCc1ccc(Cl)cc1Sc1ccccn1. The van der Waals surface area contributed by atoms with Gasteiger partial charge in [0.15, 0.2) is 0 Å². The maximum absolute atomic E-state index is 9.21. The monoisotopic (exact) mass is 251 g/mol. The van der Waals surface area contributed by atoms with Crippen LogP contribution in [0.25, 0.3) is 0 Å². The summed E-state index contributed by atoms with van der Waals surface area (Å²) in [6, 6.07) is 11.2. The fourth-order valence-corrected chi connectivity index (χ4v) is 2.45. The molecule has 0 amide bonds. The summed E-state index contributed by atoms with van der Waals surface area (Å²) < 4.78 is 0. The van der Waals surface area contributed by atoms with Crippen LogP contribution in [0.4, 0.5) is 0 Å². The van der Waals surface area contributed by atoms with Crippen molar-refractivity contribution in [1.29, 1.82) is 0 Å². The van der Waals surface area contributed by atoms with Crippen LogP contribution in [-0.4, -0.2) is 10.1 Å². The van der Waals surface area contributed by atoms with Crippen molar-refractivity contribution in [3.05, 3.63) is 53.2 Å². The summed E-state index contributed by atoms with van der Waals surface area (Å²) in [4.78, 5) is 5.16. The van der Waals surface area contributed by atoms with Gasteiger partial charge in [0.2, 0.25) is 0 Å². The van der Waals surface area contributed by atoms with Gasteiger partial charge in [0.1, 0.15) is 5.03 Å². The van der Waals surface area contributed by atoms with Crippen molar-refractivity contribution in [3.63, 3.8) is 0 Å². The van der Waals surface area contributed by atoms with Gasteiger partial charge >= 0.3 is 0 Å². The molecular weight excluding hydrogens is 242 g/mol. The molecule has 2 nitrogen and oxygen atoms in total. The molecule has 2 aromatic rings. The Hall–Kier alpha value is -1.03. The molecule has 0 saturated carbocycles. The molecule has 0 fully saturated rings. The number of hydrogen-bond acceptors (Lipinski definition) is 3. The average Bonchev–Trinajstić information content (AvgIpc) is 2.31. The third-order valence-corrected chi connectivity index (χ3v) is 3.34. The average molecular weight is 252 g/mol. The van der Waals surface area contributed by atoms with Gasteiger partial charge in [0.25, 0.3) is 0 Å². The minimum absolute atomic E-state index is 0.00629. The zero-order chi connectivity index (χ0) is 11.4. The quantitative estimate of drug-likeness (QED) is 0.908. The van der Waals surface area contributed by atoms with Crippen LogP contribution < -0.4 is 0 Å². The molecule has 0 unspecified atom stereocenters. The van der Waals surface area contributed by atoms with Crippen molar-refractivity contribution in [2.45, 2.75) is 16.5 Å². The Labute approximate surface area is 103 Å². The molecule has 1 N–H and O–H groups in total. The van der Waals surface area contributed by atoms with E-state index in [0.29, 0.717) is 5.02 Å². The van der Waals surface area contributed by atoms with Crippen molar-refractivity contribution < 1.29 is 5.11 Å². The lowest BCUT2D eigenvalue weighted by Gasteiger charge is -2.06. The van der Waals surface area contributed by atoms with E-state index in [-0.39, 0.29) is 6.61 Å². The van der Waals surface area contributed by atoms with Gasteiger partial charge in [-0.3, -0.25) is 0 Å². The Kier molecular flexibility index (Phi) is 3.83. The Morgan fingerprint density at radius 2 is 2.12 bits per heavy atom. The highest BCUT2D eigenvalue weighted by Gasteiger charge is 2.05. The van der Waals surface area contributed by atoms with Gasteiger partial charge in [-0.15, -0.1) is 0 Å². The number of rotatable bonds is 3. The molecule has 1 aromatic carbocycles. The summed E-state index contributed by atoms with van der Waals surface area (Å²) in [5.74, 6) is 0. The van der Waals surface area contributed by atoms with Crippen LogP contribution >= 0.6 is 23.4 Å². The van der Waals surface area contributed by atoms with Gasteiger partial charge in [0, 0.05) is 16.1 Å². The van der Waals surface area contributed by atoms with E-state index in [1.807, 2.05) is 30.3 Å². The predicted octanol–water partition coefficient (Wildman–Crippen LogP) is 3.38. The van der Waals surface area contributed by atoms with Gasteiger partial charge in [0.05, 0.1) is 6.61 Å². The first kappa shape index (κ1) is 11.5. The number of pyridine rings is 1. The van der Waals surface area contributed by atoms with Crippen LogP contribution in [0.5, 0.6) is 0 Å². The third-order valence-electron chi connectivity index (χ3n) is 2.05. The van der Waals surface area contributed by atoms with Gasteiger partial charge in [-0.1, -0.05) is 35.5 Å². The second kappa shape index (κ2) is 5.34. The van der Waals surface area contributed by atoms with Gasteiger partial charge in [-0.2, -0.15) is 0 Å². The smallest absolute Gasteiger partial charge is 0.101 e. The van der Waals surface area contributed by atoms with Crippen molar-refractivity contribution in [3.8, 4) is 0 Å². The second-order valence-electron chi connectivity index (χ2n) is 3.18. The van der Waals surface area contributed by atoms with E-state index in [9.17, 15) is 5.11 Å². The fraction of sp³-hybridized carbons (Fsp3) is 0.0833. The summed E-state index contributed by atoms with van der Waals surface area (Å²) in [6.07, 6.45) is 1.74. The largest absolute Gasteiger partial charge is 0.392 e. The number of aliphatic hydroxyl groups is 1. The number of aliphatic hydroxyl groups excluding tert-OH is 1. The third kappa shape index (κ3) is 2.76. The van der Waals surface area contributed by atoms with Crippen molar-refractivity contribution in [2.75, 3.05) is 0 Å². The van der Waals surface area contributed by atoms with Crippen molar-refractivity contribution >= 4 is 23.4 Å². The van der Waals surface area contributed by atoms with Gasteiger partial charge < -0.3 is 5.11 Å². The summed E-state index contributed by atoms with van der Waals surface area (Å²) >= 11 is 7.42. The summed E-state index contributed by atoms with van der Waals surface area (Å²) in [5, 5.41) is 10.8. The number of halogens is 1. The van der Waals surface area contributed by atoms with E-state index >= 15 is 0 Å². The Morgan fingerprint density at radius 1 is 1.25 bits per heavy atom. The number of hydrogen-bond donors (Lipinski definition) is 1. The molecule has 82 valence electrons. The lowest BCUT2D eigenvalue weighted by molar-refractivity contribution is 0.279. The molecule has 0 aliphatic carbocycles. The lowest BCUT2D eigenvalue weighted by atomic mass is 10.2. The fourth-order valence-electron chi connectivity index (χ4n) is 1.27. The number of aromatic nitrogens is 1. The van der Waals surface area contributed by atoms with E-state index in [1.165, 1.54) is 11.8 Å². The second-order valence-corrected chi connectivity index (χ2v) is 4.68. The van der Waals surface area contributed by atoms with Crippen LogP contribution in [0.1, 0.15) is 5.56 Å². The molecule has 1 heterocycles. The first-order valence-electron chi connectivity index (χ1n) is 4.78. The van der Waals surface area contributed by atoms with Crippen LogP contribution in [0.3, 0.4) is 0 Å². The zero-order valence-corrected chi connectivity index (χ0v) is 10.0. The summed E-state index contributed by atoms with van der Waals surface area (Å²) in [6.45, 7) is 0.00629. The normalized spacial score (nSPS) is 10.4. The molecule has 0 aliphatic rings. The minimum Gasteiger partial charge on any atom is -0.392 e. The highest BCUT2D eigenvalue weighted by atomic mass is 35.5. The molecule has 0 saturated heterocycles. The minimum atomic E-state index is 0.00629. The lowest BCUT2D eigenvalue weighted by Crippen LogP contribution is -1.88. The predicted molar refractivity (Wildman–Crippen MR) is 65.7 cm³/mol. The van der Waals surface area contributed by atoms with E-state index < -0.39 is 0 Å². The summed E-state index contributed by atoms with van der Waals surface area (Å²) in [7, 11) is 0. The molecule has 0 spiro atoms. The molecule has 0 bridgehead atoms. The Balaban J connectivity index is 2.30. The molecular formula is C12H10ClNOS. The number of benzene rings is 1. The first-order chi connectivity index (χ1) is 7.79. The van der Waals surface area contributed by atoms with Crippen LogP contribution in [0, 0.1) is 0 Å². The standard InChI is InChI=1S/C12H10ClNOS/c13-10-5-4-9(8-15)11(7-10)16-12-3-1-2-6-14-12/h1-7,15H,8H2. The zero-order valence-electron chi connectivity index (χ0n) is 8.43. The molecule has 0 radical (unpaired) electrons. The Morgan fingerprint density at radius 3 is 2.81 bits per heavy atom. The van der Waals surface area contributed by atoms with Crippen LogP contribution in [-0.2, 0) is 6.61 Å². The van der Waals surface area contributed by atoms with Crippen LogP contribution in [0.2, 0.25) is 5.02 Å². The van der Waals surface area contributed by atoms with Gasteiger partial charge in [-0.05, 0) is 29.8 Å². The van der Waals surface area contributed by atoms with Gasteiger partial charge in [-0.25, -0.2) is 4.98 Å². The highest BCUT2D eigenvalue weighted by Crippen LogP contribution is 2.31. The summed E-state index contributed by atoms with van der Waals surface area (Å²) in [5.41, 5.74) is 0.861. The van der Waals surface area contributed by atoms with E-state index in [0.717, 1.165) is 15.5 Å². The van der Waals surface area contributed by atoms with Crippen molar-refractivity contribution in [2.24, 2.45) is 0 Å². The Bertz CT molecular complexity index is 476. The maximum atomic E-state index is 9.21. The number of nitrogens with zero attached hydrogens (tertiary/aromatic N) is 1. The van der Waals surface area contributed by atoms with Crippen molar-refractivity contribution in [1.82, 2.24) is 4.98 Å². The molecule has 0 atom stereocenters. The molecule has 0 aliphatic heterocycles. The maximum Gasteiger partial charge on any atom is 0.101 e.